The van der Waals surface area contributed by atoms with Gasteiger partial charge in [-0.2, -0.15) is 0 Å². The normalized spacial score (nSPS) is 12.6. The summed E-state index contributed by atoms with van der Waals surface area (Å²) in [5.74, 6) is -0.168. The van der Waals surface area contributed by atoms with Crippen molar-refractivity contribution < 1.29 is 9.59 Å². The van der Waals surface area contributed by atoms with Crippen molar-refractivity contribution in [3.05, 3.63) is 112 Å². The van der Waals surface area contributed by atoms with Crippen LogP contribution in [0.5, 0.6) is 0 Å². The maximum Gasteiger partial charge on any atom is 0.254 e. The zero-order chi connectivity index (χ0) is 22.6. The maximum atomic E-state index is 13.3. The molecule has 4 aromatic rings. The third kappa shape index (κ3) is 4.71. The Morgan fingerprint density at radius 3 is 2.36 bits per heavy atom. The van der Waals surface area contributed by atoms with Gasteiger partial charge in [-0.05, 0) is 28.3 Å². The molecule has 1 aliphatic rings. The predicted molar refractivity (Wildman–Crippen MR) is 129 cm³/mol. The van der Waals surface area contributed by atoms with Gasteiger partial charge in [0.2, 0.25) is 5.91 Å². The van der Waals surface area contributed by atoms with E-state index in [1.54, 1.807) is 16.0 Å². The molecule has 0 aliphatic carbocycles. The van der Waals surface area contributed by atoms with Crippen LogP contribution in [-0.2, 0) is 24.4 Å². The molecule has 164 valence electrons. The van der Waals surface area contributed by atoms with Crippen LogP contribution in [0.3, 0.4) is 0 Å². The van der Waals surface area contributed by atoms with Gasteiger partial charge in [0.05, 0.1) is 6.54 Å². The molecule has 0 saturated heterocycles. The van der Waals surface area contributed by atoms with Gasteiger partial charge < -0.3 is 9.80 Å². The molecule has 33 heavy (non-hydrogen) atoms. The van der Waals surface area contributed by atoms with Gasteiger partial charge >= 0.3 is 0 Å². The number of hydrogen-bond donors (Lipinski definition) is 0. The first kappa shape index (κ1) is 21.1. The summed E-state index contributed by atoms with van der Waals surface area (Å²) < 4.78 is 0. The first-order valence-electron chi connectivity index (χ1n) is 10.8. The average molecular weight is 454 g/mol. The molecule has 0 atom stereocenters. The predicted octanol–water partition coefficient (Wildman–Crippen LogP) is 4.99. The molecule has 5 rings (SSSR count). The fourth-order valence-corrected chi connectivity index (χ4v) is 4.72. The minimum Gasteiger partial charge on any atom is -0.330 e. The second-order valence-electron chi connectivity index (χ2n) is 8.06. The van der Waals surface area contributed by atoms with Crippen LogP contribution in [0.1, 0.15) is 26.5 Å². The van der Waals surface area contributed by atoms with E-state index >= 15 is 0 Å². The van der Waals surface area contributed by atoms with E-state index in [1.807, 2.05) is 47.8 Å². The number of fused-ring (bicyclic) bond motifs is 1. The van der Waals surface area contributed by atoms with Crippen molar-refractivity contribution in [1.82, 2.24) is 14.8 Å². The van der Waals surface area contributed by atoms with E-state index < -0.39 is 0 Å². The number of aromatic nitrogens is 1. The van der Waals surface area contributed by atoms with Crippen LogP contribution >= 0.6 is 11.3 Å². The lowest BCUT2D eigenvalue weighted by molar-refractivity contribution is -0.133. The number of hydrogen-bond acceptors (Lipinski definition) is 4. The molecule has 5 nitrogen and oxygen atoms in total. The summed E-state index contributed by atoms with van der Waals surface area (Å²) in [6.07, 6.45) is 1.75. The Labute approximate surface area is 196 Å². The van der Waals surface area contributed by atoms with Crippen molar-refractivity contribution in [1.29, 1.82) is 0 Å². The van der Waals surface area contributed by atoms with E-state index in [0.29, 0.717) is 25.2 Å². The smallest absolute Gasteiger partial charge is 0.254 e. The third-order valence-electron chi connectivity index (χ3n) is 5.82. The first-order valence-corrected chi connectivity index (χ1v) is 11.7. The minimum atomic E-state index is -0.0847. The Bertz CT molecular complexity index is 1250. The SMILES string of the molecule is O=C(CN1Cc2ccccc2C1=O)N(Cc1ccc(-c2ccccc2)cc1)Cc1nccs1. The van der Waals surface area contributed by atoms with E-state index in [0.717, 1.165) is 27.3 Å². The largest absolute Gasteiger partial charge is 0.330 e. The molecule has 0 fully saturated rings. The molecule has 3 aromatic carbocycles. The van der Waals surface area contributed by atoms with Gasteiger partial charge in [0.15, 0.2) is 0 Å². The van der Waals surface area contributed by atoms with E-state index in [4.69, 9.17) is 0 Å². The molecule has 0 bridgehead atoms. The van der Waals surface area contributed by atoms with E-state index in [-0.39, 0.29) is 18.4 Å². The quantitative estimate of drug-likeness (QED) is 0.396. The number of carbonyl (C=O) groups is 2. The summed E-state index contributed by atoms with van der Waals surface area (Å²) in [5, 5.41) is 2.79. The number of thiazole rings is 1. The highest BCUT2D eigenvalue weighted by Gasteiger charge is 2.30. The summed E-state index contributed by atoms with van der Waals surface area (Å²) >= 11 is 1.53. The Hall–Kier alpha value is -3.77. The summed E-state index contributed by atoms with van der Waals surface area (Å²) in [6.45, 7) is 1.41. The Balaban J connectivity index is 1.32. The van der Waals surface area contributed by atoms with Crippen LogP contribution in [0.2, 0.25) is 0 Å². The highest BCUT2D eigenvalue weighted by Crippen LogP contribution is 2.24. The first-order chi connectivity index (χ1) is 16.2. The number of rotatable bonds is 7. The molecule has 6 heteroatoms. The molecule has 0 radical (unpaired) electrons. The van der Waals surface area contributed by atoms with Crippen molar-refractivity contribution in [3.8, 4) is 11.1 Å². The van der Waals surface area contributed by atoms with Crippen molar-refractivity contribution in [3.63, 3.8) is 0 Å². The molecule has 1 aliphatic heterocycles. The molecular weight excluding hydrogens is 430 g/mol. The molecule has 2 heterocycles. The lowest BCUT2D eigenvalue weighted by Gasteiger charge is -2.25. The second-order valence-corrected chi connectivity index (χ2v) is 9.04. The highest BCUT2D eigenvalue weighted by molar-refractivity contribution is 7.09. The van der Waals surface area contributed by atoms with Gasteiger partial charge in [0.25, 0.3) is 5.91 Å². The fraction of sp³-hybridized carbons (Fsp3) is 0.148. The summed E-state index contributed by atoms with van der Waals surface area (Å²) in [6, 6.07) is 26.0. The number of benzene rings is 3. The van der Waals surface area contributed by atoms with E-state index in [2.05, 4.69) is 41.4 Å². The van der Waals surface area contributed by atoms with Crippen molar-refractivity contribution >= 4 is 23.2 Å². The molecule has 2 amide bonds. The summed E-state index contributed by atoms with van der Waals surface area (Å²) in [4.78, 5) is 33.8. The Morgan fingerprint density at radius 1 is 0.909 bits per heavy atom. The summed E-state index contributed by atoms with van der Waals surface area (Å²) in [7, 11) is 0. The van der Waals surface area contributed by atoms with Gasteiger partial charge in [-0.3, -0.25) is 9.59 Å². The Morgan fingerprint density at radius 2 is 1.64 bits per heavy atom. The molecule has 0 N–H and O–H groups in total. The van der Waals surface area contributed by atoms with Crippen LogP contribution in [0.25, 0.3) is 11.1 Å². The minimum absolute atomic E-state index is 0.0565. The van der Waals surface area contributed by atoms with E-state index in [1.165, 1.54) is 11.3 Å². The van der Waals surface area contributed by atoms with Gasteiger partial charge in [-0.15, -0.1) is 11.3 Å². The standard InChI is InChI=1S/C27H23N3O2S/c31-26(19-30-17-23-8-4-5-9-24(23)27(30)32)29(18-25-28-14-15-33-25)16-20-10-12-22(13-11-20)21-6-2-1-3-7-21/h1-15H,16-19H2. The molecule has 0 unspecified atom stereocenters. The van der Waals surface area contributed by atoms with Crippen molar-refractivity contribution in [2.75, 3.05) is 6.54 Å². The zero-order valence-electron chi connectivity index (χ0n) is 18.1. The number of nitrogens with zero attached hydrogens (tertiary/aromatic N) is 3. The molecule has 1 aromatic heterocycles. The van der Waals surface area contributed by atoms with Crippen LogP contribution in [-0.4, -0.2) is 33.1 Å². The van der Waals surface area contributed by atoms with Crippen molar-refractivity contribution in [2.24, 2.45) is 0 Å². The second kappa shape index (κ2) is 9.38. The highest BCUT2D eigenvalue weighted by atomic mass is 32.1. The molecule has 0 spiro atoms. The monoisotopic (exact) mass is 453 g/mol. The van der Waals surface area contributed by atoms with Gasteiger partial charge in [0, 0.05) is 30.2 Å². The number of amides is 2. The average Bonchev–Trinajstić information content (AvgIpc) is 3.48. The molecule has 0 saturated carbocycles. The lowest BCUT2D eigenvalue weighted by Crippen LogP contribution is -2.39. The van der Waals surface area contributed by atoms with Crippen LogP contribution < -0.4 is 0 Å². The summed E-state index contributed by atoms with van der Waals surface area (Å²) in [5.41, 5.74) is 4.99. The van der Waals surface area contributed by atoms with Gasteiger partial charge in [-0.25, -0.2) is 4.98 Å². The fourth-order valence-electron chi connectivity index (χ4n) is 4.09. The van der Waals surface area contributed by atoms with Gasteiger partial charge in [0.1, 0.15) is 11.6 Å². The van der Waals surface area contributed by atoms with E-state index in [9.17, 15) is 9.59 Å². The topological polar surface area (TPSA) is 53.5 Å². The third-order valence-corrected chi connectivity index (χ3v) is 6.58. The van der Waals surface area contributed by atoms with Crippen molar-refractivity contribution in [2.45, 2.75) is 19.6 Å². The van der Waals surface area contributed by atoms with Crippen LogP contribution in [0.4, 0.5) is 0 Å². The van der Waals surface area contributed by atoms with Crippen LogP contribution in [0, 0.1) is 0 Å². The zero-order valence-corrected chi connectivity index (χ0v) is 18.9. The molecular formula is C27H23N3O2S. The number of carbonyl (C=O) groups excluding carboxylic acids is 2. The Kier molecular flexibility index (Phi) is 6.00. The van der Waals surface area contributed by atoms with Gasteiger partial charge in [-0.1, -0.05) is 72.8 Å². The lowest BCUT2D eigenvalue weighted by atomic mass is 10.0. The van der Waals surface area contributed by atoms with Crippen LogP contribution in [0.15, 0.2) is 90.4 Å². The maximum absolute atomic E-state index is 13.3.